The van der Waals surface area contributed by atoms with Crippen LogP contribution >= 0.6 is 0 Å². The Kier molecular flexibility index (Phi) is 3.50. The van der Waals surface area contributed by atoms with E-state index in [0.29, 0.717) is 18.5 Å². The molecular weight excluding hydrogens is 284 g/mol. The summed E-state index contributed by atoms with van der Waals surface area (Å²) >= 11 is 0. The first kappa shape index (κ1) is 14.1. The molecule has 0 spiro atoms. The number of benzene rings is 2. The van der Waals surface area contributed by atoms with Crippen LogP contribution in [0.15, 0.2) is 42.5 Å². The molecule has 1 aliphatic heterocycles. The van der Waals surface area contributed by atoms with Gasteiger partial charge in [-0.15, -0.1) is 0 Å². The van der Waals surface area contributed by atoms with Crippen molar-refractivity contribution in [3.63, 3.8) is 0 Å². The third-order valence-corrected chi connectivity index (χ3v) is 3.83. The molecule has 6 heteroatoms. The van der Waals surface area contributed by atoms with E-state index in [1.165, 1.54) is 17.0 Å². The normalized spacial score (nSPS) is 13.3. The van der Waals surface area contributed by atoms with E-state index < -0.39 is 4.92 Å². The van der Waals surface area contributed by atoms with Crippen LogP contribution in [-0.2, 0) is 13.0 Å². The van der Waals surface area contributed by atoms with Crippen molar-refractivity contribution < 1.29 is 14.8 Å². The number of phenols is 1. The first-order valence-corrected chi connectivity index (χ1v) is 6.90. The molecular formula is C16H14N2O4. The summed E-state index contributed by atoms with van der Waals surface area (Å²) in [6.45, 7) is 0.611. The number of rotatable bonds is 4. The zero-order chi connectivity index (χ0) is 15.7. The Bertz CT molecular complexity index is 743. The van der Waals surface area contributed by atoms with Gasteiger partial charge in [-0.2, -0.15) is 0 Å². The van der Waals surface area contributed by atoms with E-state index in [2.05, 4.69) is 0 Å². The number of fused-ring (bicyclic) bond motifs is 1. The molecule has 3 rings (SSSR count). The number of phenolic OH excluding ortho intramolecular Hbond substituents is 1. The van der Waals surface area contributed by atoms with Gasteiger partial charge in [-0.25, -0.2) is 0 Å². The van der Waals surface area contributed by atoms with Crippen LogP contribution in [0.2, 0.25) is 0 Å². The van der Waals surface area contributed by atoms with Crippen molar-refractivity contribution in [1.82, 2.24) is 4.90 Å². The predicted molar refractivity (Wildman–Crippen MR) is 79.6 cm³/mol. The van der Waals surface area contributed by atoms with Gasteiger partial charge in [0.15, 0.2) is 0 Å². The zero-order valence-corrected chi connectivity index (χ0v) is 11.7. The largest absolute Gasteiger partial charge is 0.507 e. The average molecular weight is 298 g/mol. The van der Waals surface area contributed by atoms with Gasteiger partial charge in [0.25, 0.3) is 11.6 Å². The minimum Gasteiger partial charge on any atom is -0.507 e. The molecule has 1 amide bonds. The maximum atomic E-state index is 12.4. The molecule has 2 aromatic rings. The van der Waals surface area contributed by atoms with Crippen molar-refractivity contribution in [2.24, 2.45) is 0 Å². The van der Waals surface area contributed by atoms with Crippen LogP contribution in [0.25, 0.3) is 0 Å². The SMILES string of the molecule is O=C1c2c(O)ccc([N+](=O)[O-])c2CN1CCc1ccccc1. The lowest BCUT2D eigenvalue weighted by atomic mass is 10.1. The van der Waals surface area contributed by atoms with Crippen LogP contribution in [0, 0.1) is 10.1 Å². The highest BCUT2D eigenvalue weighted by molar-refractivity contribution is 6.02. The second-order valence-electron chi connectivity index (χ2n) is 5.18. The molecule has 0 saturated heterocycles. The van der Waals surface area contributed by atoms with Crippen molar-refractivity contribution in [2.45, 2.75) is 13.0 Å². The Labute approximate surface area is 126 Å². The maximum Gasteiger partial charge on any atom is 0.275 e. The van der Waals surface area contributed by atoms with Gasteiger partial charge in [-0.05, 0) is 18.1 Å². The van der Waals surface area contributed by atoms with E-state index in [-0.39, 0.29) is 29.5 Å². The summed E-state index contributed by atoms with van der Waals surface area (Å²) in [6.07, 6.45) is 0.662. The smallest absolute Gasteiger partial charge is 0.275 e. The Morgan fingerprint density at radius 1 is 1.18 bits per heavy atom. The monoisotopic (exact) mass is 298 g/mol. The summed E-state index contributed by atoms with van der Waals surface area (Å²) < 4.78 is 0. The zero-order valence-electron chi connectivity index (χ0n) is 11.7. The van der Waals surface area contributed by atoms with Crippen LogP contribution in [0.1, 0.15) is 21.5 Å². The van der Waals surface area contributed by atoms with Crippen LogP contribution < -0.4 is 0 Å². The minimum atomic E-state index is -0.522. The van der Waals surface area contributed by atoms with Crippen molar-refractivity contribution in [3.8, 4) is 5.75 Å². The molecule has 0 bridgehead atoms. The van der Waals surface area contributed by atoms with Gasteiger partial charge >= 0.3 is 0 Å². The molecule has 0 saturated carbocycles. The van der Waals surface area contributed by atoms with E-state index in [1.54, 1.807) is 0 Å². The first-order valence-electron chi connectivity index (χ1n) is 6.90. The number of nitrogens with zero attached hydrogens (tertiary/aromatic N) is 2. The molecule has 0 radical (unpaired) electrons. The van der Waals surface area contributed by atoms with Gasteiger partial charge in [0.1, 0.15) is 5.75 Å². The highest BCUT2D eigenvalue weighted by atomic mass is 16.6. The van der Waals surface area contributed by atoms with Crippen molar-refractivity contribution in [2.75, 3.05) is 6.54 Å². The third-order valence-electron chi connectivity index (χ3n) is 3.83. The van der Waals surface area contributed by atoms with Gasteiger partial charge in [0, 0.05) is 12.6 Å². The van der Waals surface area contributed by atoms with Crippen LogP contribution in [0.5, 0.6) is 5.75 Å². The van der Waals surface area contributed by atoms with E-state index in [4.69, 9.17) is 0 Å². The molecule has 1 heterocycles. The molecule has 1 N–H and O–H groups in total. The molecule has 22 heavy (non-hydrogen) atoms. The minimum absolute atomic E-state index is 0.0576. The summed E-state index contributed by atoms with van der Waals surface area (Å²) in [5.74, 6) is -0.556. The highest BCUT2D eigenvalue weighted by Gasteiger charge is 2.35. The average Bonchev–Trinajstić information content (AvgIpc) is 2.84. The molecule has 0 atom stereocenters. The number of amides is 1. The summed E-state index contributed by atoms with van der Waals surface area (Å²) in [5.41, 5.74) is 1.32. The summed E-state index contributed by atoms with van der Waals surface area (Å²) in [7, 11) is 0. The second-order valence-corrected chi connectivity index (χ2v) is 5.18. The van der Waals surface area contributed by atoms with Crippen molar-refractivity contribution in [1.29, 1.82) is 0 Å². The molecule has 0 fully saturated rings. The quantitative estimate of drug-likeness (QED) is 0.694. The summed E-state index contributed by atoms with van der Waals surface area (Å²) in [5, 5.41) is 20.9. The number of carbonyl (C=O) groups excluding carboxylic acids is 1. The highest BCUT2D eigenvalue weighted by Crippen LogP contribution is 2.36. The second kappa shape index (κ2) is 5.48. The number of carbonyl (C=O) groups is 1. The first-order chi connectivity index (χ1) is 10.6. The van der Waals surface area contributed by atoms with Crippen LogP contribution in [-0.4, -0.2) is 27.4 Å². The molecule has 1 aliphatic rings. The molecule has 112 valence electrons. The molecule has 0 unspecified atom stereocenters. The van der Waals surface area contributed by atoms with Gasteiger partial charge in [-0.1, -0.05) is 30.3 Å². The lowest BCUT2D eigenvalue weighted by Crippen LogP contribution is -2.26. The Morgan fingerprint density at radius 3 is 2.59 bits per heavy atom. The summed E-state index contributed by atoms with van der Waals surface area (Å²) in [4.78, 5) is 24.4. The Balaban J connectivity index is 1.83. The van der Waals surface area contributed by atoms with Crippen LogP contribution in [0.4, 0.5) is 5.69 Å². The standard InChI is InChI=1S/C16H14N2O4/c19-14-7-6-13(18(21)22)12-10-17(16(20)15(12)14)9-8-11-4-2-1-3-5-11/h1-7,19H,8-10H2. The number of hydrogen-bond acceptors (Lipinski definition) is 4. The van der Waals surface area contributed by atoms with Gasteiger partial charge in [0.2, 0.25) is 0 Å². The fourth-order valence-electron chi connectivity index (χ4n) is 2.70. The van der Waals surface area contributed by atoms with Gasteiger partial charge < -0.3 is 10.0 Å². The van der Waals surface area contributed by atoms with Gasteiger partial charge in [-0.3, -0.25) is 14.9 Å². The van der Waals surface area contributed by atoms with E-state index in [1.807, 2.05) is 30.3 Å². The number of hydrogen-bond donors (Lipinski definition) is 1. The summed E-state index contributed by atoms with van der Waals surface area (Å²) in [6, 6.07) is 12.1. The van der Waals surface area contributed by atoms with E-state index >= 15 is 0 Å². The lowest BCUT2D eigenvalue weighted by molar-refractivity contribution is -0.385. The molecule has 0 aromatic heterocycles. The number of aromatic hydroxyl groups is 1. The lowest BCUT2D eigenvalue weighted by Gasteiger charge is -2.15. The maximum absolute atomic E-state index is 12.4. The Hall–Kier alpha value is -2.89. The molecule has 6 nitrogen and oxygen atoms in total. The van der Waals surface area contributed by atoms with Crippen LogP contribution in [0.3, 0.4) is 0 Å². The molecule has 2 aromatic carbocycles. The van der Waals surface area contributed by atoms with Gasteiger partial charge in [0.05, 0.1) is 22.6 Å². The third kappa shape index (κ3) is 2.39. The fraction of sp³-hybridized carbons (Fsp3) is 0.188. The topological polar surface area (TPSA) is 83.7 Å². The predicted octanol–water partition coefficient (Wildman–Crippen LogP) is 2.50. The number of nitro benzene ring substituents is 1. The Morgan fingerprint density at radius 2 is 1.91 bits per heavy atom. The molecule has 0 aliphatic carbocycles. The van der Waals surface area contributed by atoms with E-state index in [0.717, 1.165) is 5.56 Å². The van der Waals surface area contributed by atoms with Crippen molar-refractivity contribution in [3.05, 3.63) is 69.3 Å². The van der Waals surface area contributed by atoms with E-state index in [9.17, 15) is 20.0 Å². The number of nitro groups is 1. The fourth-order valence-corrected chi connectivity index (χ4v) is 2.70. The van der Waals surface area contributed by atoms with Crippen molar-refractivity contribution >= 4 is 11.6 Å².